The number of aliphatic hydroxyl groups is 1. The first-order valence-electron chi connectivity index (χ1n) is 4.81. The van der Waals surface area contributed by atoms with Gasteiger partial charge in [0.05, 0.1) is 13.0 Å². The van der Waals surface area contributed by atoms with Crippen LogP contribution in [0.15, 0.2) is 23.5 Å². The summed E-state index contributed by atoms with van der Waals surface area (Å²) < 4.78 is 1.37. The number of rotatable bonds is 4. The van der Waals surface area contributed by atoms with E-state index in [-0.39, 0.29) is 24.5 Å². The lowest BCUT2D eigenvalue weighted by Gasteiger charge is -1.98. The Labute approximate surface area is 95.3 Å². The van der Waals surface area contributed by atoms with E-state index in [1.807, 2.05) is 0 Å². The second-order valence-corrected chi connectivity index (χ2v) is 3.47. The molecule has 0 spiro atoms. The molecule has 2 rings (SSSR count). The highest BCUT2D eigenvalue weighted by atomic mass is 16.4. The molecule has 0 unspecified atom stereocenters. The van der Waals surface area contributed by atoms with Crippen molar-refractivity contribution in [2.24, 2.45) is 5.18 Å². The number of hydrogen-bond acceptors (Lipinski definition) is 5. The van der Waals surface area contributed by atoms with E-state index in [1.54, 1.807) is 12.1 Å². The van der Waals surface area contributed by atoms with Crippen molar-refractivity contribution in [3.05, 3.63) is 34.5 Å². The van der Waals surface area contributed by atoms with Gasteiger partial charge in [0.1, 0.15) is 11.3 Å². The van der Waals surface area contributed by atoms with Gasteiger partial charge < -0.3 is 10.2 Å². The van der Waals surface area contributed by atoms with Crippen molar-refractivity contribution in [1.82, 2.24) is 9.38 Å². The summed E-state index contributed by atoms with van der Waals surface area (Å²) in [5.41, 5.74) is 1.12. The Balaban J connectivity index is 2.62. The molecule has 0 atom stereocenters. The van der Waals surface area contributed by atoms with Crippen LogP contribution in [-0.4, -0.2) is 25.6 Å². The number of carboxylic acids is 1. The standard InChI is InChI=1S/C10H9N3O4/c14-5-6-1-2-8-11-7(3-9(15)16)10(12-17)13(8)4-6/h1-2,4,14H,3,5H2,(H,15,16). The van der Waals surface area contributed by atoms with Gasteiger partial charge in [0.15, 0.2) is 0 Å². The summed E-state index contributed by atoms with van der Waals surface area (Å²) in [6.07, 6.45) is 1.14. The average Bonchev–Trinajstić information content (AvgIpc) is 2.63. The molecular formula is C10H9N3O4. The highest BCUT2D eigenvalue weighted by molar-refractivity contribution is 5.72. The van der Waals surface area contributed by atoms with Gasteiger partial charge in [0, 0.05) is 6.20 Å². The van der Waals surface area contributed by atoms with Gasteiger partial charge in [-0.2, -0.15) is 0 Å². The minimum Gasteiger partial charge on any atom is -0.481 e. The lowest BCUT2D eigenvalue weighted by atomic mass is 10.3. The molecule has 0 aliphatic rings. The van der Waals surface area contributed by atoms with E-state index in [0.717, 1.165) is 0 Å². The second-order valence-electron chi connectivity index (χ2n) is 3.47. The van der Waals surface area contributed by atoms with Gasteiger partial charge in [-0.15, -0.1) is 4.91 Å². The van der Waals surface area contributed by atoms with Crippen LogP contribution in [0.2, 0.25) is 0 Å². The Kier molecular flexibility index (Phi) is 2.84. The maximum atomic E-state index is 10.7. The van der Waals surface area contributed by atoms with Gasteiger partial charge in [-0.1, -0.05) is 6.07 Å². The summed E-state index contributed by atoms with van der Waals surface area (Å²) >= 11 is 0. The number of fused-ring (bicyclic) bond motifs is 1. The zero-order valence-electron chi connectivity index (χ0n) is 8.70. The molecule has 0 aliphatic carbocycles. The van der Waals surface area contributed by atoms with Crippen LogP contribution >= 0.6 is 0 Å². The first-order chi connectivity index (χ1) is 8.15. The van der Waals surface area contributed by atoms with E-state index in [1.165, 1.54) is 10.6 Å². The summed E-state index contributed by atoms with van der Waals surface area (Å²) in [7, 11) is 0. The van der Waals surface area contributed by atoms with E-state index in [9.17, 15) is 9.70 Å². The molecule has 0 amide bonds. The number of nitrogens with zero attached hydrogens (tertiary/aromatic N) is 3. The Morgan fingerprint density at radius 3 is 2.82 bits per heavy atom. The molecule has 17 heavy (non-hydrogen) atoms. The molecule has 0 bridgehead atoms. The fourth-order valence-electron chi connectivity index (χ4n) is 1.58. The fraction of sp³-hybridized carbons (Fsp3) is 0.200. The third kappa shape index (κ3) is 2.00. The maximum absolute atomic E-state index is 10.7. The second kappa shape index (κ2) is 4.30. The largest absolute Gasteiger partial charge is 0.481 e. The number of imidazole rings is 1. The Morgan fingerprint density at radius 1 is 1.47 bits per heavy atom. The SMILES string of the molecule is O=Nc1c(CC(=O)O)nc2ccc(CO)cn12. The van der Waals surface area contributed by atoms with E-state index >= 15 is 0 Å². The third-order valence-corrected chi connectivity index (χ3v) is 2.31. The number of aliphatic hydroxyl groups excluding tert-OH is 1. The lowest BCUT2D eigenvalue weighted by Crippen LogP contribution is -2.00. The summed E-state index contributed by atoms with van der Waals surface area (Å²) in [5.74, 6) is -1.13. The number of aromatic nitrogens is 2. The lowest BCUT2D eigenvalue weighted by molar-refractivity contribution is -0.136. The quantitative estimate of drug-likeness (QED) is 0.764. The van der Waals surface area contributed by atoms with Crippen LogP contribution in [0.5, 0.6) is 0 Å². The number of pyridine rings is 1. The van der Waals surface area contributed by atoms with Crippen molar-refractivity contribution >= 4 is 17.4 Å². The first kappa shape index (κ1) is 11.2. The first-order valence-corrected chi connectivity index (χ1v) is 4.81. The van der Waals surface area contributed by atoms with Crippen LogP contribution in [0.25, 0.3) is 5.65 Å². The number of aliphatic carboxylic acids is 1. The molecule has 0 aromatic carbocycles. The molecule has 0 saturated heterocycles. The Hall–Kier alpha value is -2.28. The highest BCUT2D eigenvalue weighted by Crippen LogP contribution is 2.22. The molecule has 0 saturated carbocycles. The summed E-state index contributed by atoms with van der Waals surface area (Å²) in [4.78, 5) is 25.3. The van der Waals surface area contributed by atoms with Crippen LogP contribution in [0.1, 0.15) is 11.3 Å². The number of hydrogen-bond donors (Lipinski definition) is 2. The highest BCUT2D eigenvalue weighted by Gasteiger charge is 2.15. The minimum absolute atomic E-state index is 0.0438. The van der Waals surface area contributed by atoms with Crippen molar-refractivity contribution in [3.63, 3.8) is 0 Å². The molecule has 7 nitrogen and oxygen atoms in total. The number of carbonyl (C=O) groups is 1. The van der Waals surface area contributed by atoms with E-state index in [2.05, 4.69) is 10.2 Å². The van der Waals surface area contributed by atoms with Crippen LogP contribution < -0.4 is 0 Å². The van der Waals surface area contributed by atoms with Crippen LogP contribution in [0, 0.1) is 4.91 Å². The maximum Gasteiger partial charge on any atom is 0.309 e. The topological polar surface area (TPSA) is 104 Å². The summed E-state index contributed by atoms with van der Waals surface area (Å²) in [5, 5.41) is 20.4. The average molecular weight is 235 g/mol. The third-order valence-electron chi connectivity index (χ3n) is 2.31. The monoisotopic (exact) mass is 235 g/mol. The smallest absolute Gasteiger partial charge is 0.309 e. The fourth-order valence-corrected chi connectivity index (χ4v) is 1.58. The molecular weight excluding hydrogens is 226 g/mol. The van der Waals surface area contributed by atoms with Gasteiger partial charge >= 0.3 is 5.97 Å². The molecule has 2 aromatic rings. The van der Waals surface area contributed by atoms with Gasteiger partial charge in [-0.05, 0) is 16.8 Å². The van der Waals surface area contributed by atoms with Crippen molar-refractivity contribution < 1.29 is 15.0 Å². The molecule has 7 heteroatoms. The summed E-state index contributed by atoms with van der Waals surface area (Å²) in [6, 6.07) is 3.23. The van der Waals surface area contributed by atoms with Crippen molar-refractivity contribution in [1.29, 1.82) is 0 Å². The Morgan fingerprint density at radius 2 is 2.24 bits per heavy atom. The molecule has 0 fully saturated rings. The van der Waals surface area contributed by atoms with Gasteiger partial charge in [-0.25, -0.2) is 4.98 Å². The number of nitroso groups, excluding NO2 is 1. The summed E-state index contributed by atoms with van der Waals surface area (Å²) in [6.45, 7) is -0.180. The predicted octanol–water partition coefficient (Wildman–Crippen LogP) is 0.852. The van der Waals surface area contributed by atoms with Crippen molar-refractivity contribution in [2.75, 3.05) is 0 Å². The zero-order chi connectivity index (χ0) is 12.4. The minimum atomic E-state index is -1.08. The van der Waals surface area contributed by atoms with Crippen LogP contribution in [0.4, 0.5) is 5.82 Å². The van der Waals surface area contributed by atoms with Crippen molar-refractivity contribution in [3.8, 4) is 0 Å². The van der Waals surface area contributed by atoms with Gasteiger partial charge in [0.25, 0.3) is 0 Å². The van der Waals surface area contributed by atoms with E-state index < -0.39 is 5.97 Å². The normalized spacial score (nSPS) is 10.6. The molecule has 2 heterocycles. The van der Waals surface area contributed by atoms with Gasteiger partial charge in [-0.3, -0.25) is 9.20 Å². The van der Waals surface area contributed by atoms with Crippen LogP contribution in [0.3, 0.4) is 0 Å². The van der Waals surface area contributed by atoms with Gasteiger partial charge in [0.2, 0.25) is 5.82 Å². The molecule has 2 N–H and O–H groups in total. The molecule has 0 radical (unpaired) electrons. The number of carboxylic acid groups (broad SMARTS) is 1. The Bertz CT molecular complexity index is 590. The predicted molar refractivity (Wildman–Crippen MR) is 57.9 cm³/mol. The van der Waals surface area contributed by atoms with E-state index in [0.29, 0.717) is 11.2 Å². The van der Waals surface area contributed by atoms with Crippen molar-refractivity contribution in [2.45, 2.75) is 13.0 Å². The molecule has 2 aromatic heterocycles. The molecule has 0 aliphatic heterocycles. The van der Waals surface area contributed by atoms with Crippen LogP contribution in [-0.2, 0) is 17.8 Å². The molecule has 88 valence electrons. The zero-order valence-corrected chi connectivity index (χ0v) is 8.70. The van der Waals surface area contributed by atoms with E-state index in [4.69, 9.17) is 10.2 Å².